The number of hydrogen-bond donors (Lipinski definition) is 1. The lowest BCUT2D eigenvalue weighted by Gasteiger charge is -2.36. The average Bonchev–Trinajstić information content (AvgIpc) is 3.03. The summed E-state index contributed by atoms with van der Waals surface area (Å²) in [5.74, 6) is 0.750. The van der Waals surface area contributed by atoms with E-state index in [9.17, 15) is 9.59 Å². The van der Waals surface area contributed by atoms with E-state index in [0.717, 1.165) is 42.8 Å². The third kappa shape index (κ3) is 3.84. The van der Waals surface area contributed by atoms with E-state index in [4.69, 9.17) is 4.74 Å². The lowest BCUT2D eigenvalue weighted by Crippen LogP contribution is -2.46. The van der Waals surface area contributed by atoms with Gasteiger partial charge in [0.2, 0.25) is 5.91 Å². The van der Waals surface area contributed by atoms with Crippen LogP contribution in [0.15, 0.2) is 42.5 Å². The molecular weight excluding hydrogens is 366 g/mol. The number of pyridine rings is 1. The van der Waals surface area contributed by atoms with Crippen LogP contribution in [-0.4, -0.2) is 36.5 Å². The molecule has 152 valence electrons. The first-order chi connectivity index (χ1) is 14.0. The van der Waals surface area contributed by atoms with Gasteiger partial charge in [-0.2, -0.15) is 0 Å². The summed E-state index contributed by atoms with van der Waals surface area (Å²) in [5.41, 5.74) is 1.73. The van der Waals surface area contributed by atoms with Crippen LogP contribution < -0.4 is 15.0 Å². The molecule has 1 saturated carbocycles. The van der Waals surface area contributed by atoms with Crippen molar-refractivity contribution in [3.63, 3.8) is 0 Å². The zero-order chi connectivity index (χ0) is 20.4. The molecule has 0 radical (unpaired) electrons. The lowest BCUT2D eigenvalue weighted by molar-refractivity contribution is -0.127. The number of nitrogens with one attached hydrogen (secondary N) is 1. The Labute approximate surface area is 171 Å². The number of rotatable bonds is 4. The fraction of sp³-hybridized carbons (Fsp3) is 0.435. The van der Waals surface area contributed by atoms with E-state index in [1.54, 1.807) is 13.2 Å². The van der Waals surface area contributed by atoms with Crippen molar-refractivity contribution in [1.29, 1.82) is 0 Å². The van der Waals surface area contributed by atoms with Crippen molar-refractivity contribution in [2.24, 2.45) is 5.41 Å². The molecule has 2 heterocycles. The highest BCUT2D eigenvalue weighted by molar-refractivity contribution is 6.00. The Balaban J connectivity index is 1.47. The molecular formula is C23H27N3O3. The van der Waals surface area contributed by atoms with Crippen LogP contribution in [0.3, 0.4) is 0 Å². The maximum Gasteiger partial charge on any atom is 0.270 e. The first kappa shape index (κ1) is 19.4. The second kappa shape index (κ2) is 7.85. The summed E-state index contributed by atoms with van der Waals surface area (Å²) >= 11 is 0. The van der Waals surface area contributed by atoms with Gasteiger partial charge in [-0.05, 0) is 56.9 Å². The molecule has 2 amide bonds. The number of nitrogens with zero attached hydrogens (tertiary/aromatic N) is 2. The Morgan fingerprint density at radius 3 is 2.86 bits per heavy atom. The third-order valence-electron chi connectivity index (χ3n) is 6.18. The summed E-state index contributed by atoms with van der Waals surface area (Å²) in [6.45, 7) is 2.57. The molecule has 2 aromatic rings. The van der Waals surface area contributed by atoms with Gasteiger partial charge in [-0.1, -0.05) is 18.6 Å². The van der Waals surface area contributed by atoms with Crippen molar-refractivity contribution in [1.82, 2.24) is 10.3 Å². The van der Waals surface area contributed by atoms with Crippen LogP contribution in [-0.2, 0) is 4.79 Å². The molecule has 1 N–H and O–H groups in total. The number of aryl methyl sites for hydroxylation is 1. The minimum atomic E-state index is -0.390. The van der Waals surface area contributed by atoms with Gasteiger partial charge in [0.25, 0.3) is 5.91 Å². The van der Waals surface area contributed by atoms with Crippen LogP contribution in [0.25, 0.3) is 0 Å². The van der Waals surface area contributed by atoms with E-state index in [1.165, 1.54) is 0 Å². The predicted octanol–water partition coefficient (Wildman–Crippen LogP) is 3.49. The molecule has 29 heavy (non-hydrogen) atoms. The largest absolute Gasteiger partial charge is 0.497 e. The van der Waals surface area contributed by atoms with Gasteiger partial charge in [-0.15, -0.1) is 0 Å². The Bertz CT molecular complexity index is 929. The molecule has 2 unspecified atom stereocenters. The SMILES string of the molecule is COc1cccc(N2CCC3(CCCC(NC(=O)c4cccc(C)n4)C3)C2=O)c1. The van der Waals surface area contributed by atoms with Gasteiger partial charge in [0, 0.05) is 30.0 Å². The van der Waals surface area contributed by atoms with Crippen molar-refractivity contribution in [3.8, 4) is 5.75 Å². The van der Waals surface area contributed by atoms with E-state index in [1.807, 2.05) is 48.2 Å². The zero-order valence-corrected chi connectivity index (χ0v) is 17.0. The number of aromatic nitrogens is 1. The number of amides is 2. The maximum atomic E-state index is 13.4. The first-order valence-corrected chi connectivity index (χ1v) is 10.2. The number of benzene rings is 1. The Kier molecular flexibility index (Phi) is 5.26. The van der Waals surface area contributed by atoms with E-state index < -0.39 is 0 Å². The van der Waals surface area contributed by atoms with E-state index in [2.05, 4.69) is 10.3 Å². The van der Waals surface area contributed by atoms with Gasteiger partial charge < -0.3 is 15.0 Å². The van der Waals surface area contributed by atoms with Crippen molar-refractivity contribution < 1.29 is 14.3 Å². The Morgan fingerprint density at radius 2 is 2.07 bits per heavy atom. The summed E-state index contributed by atoms with van der Waals surface area (Å²) in [5, 5.41) is 3.11. The number of hydrogen-bond acceptors (Lipinski definition) is 4. The highest BCUT2D eigenvalue weighted by Gasteiger charge is 2.49. The summed E-state index contributed by atoms with van der Waals surface area (Å²) in [6, 6.07) is 13.1. The number of carbonyl (C=O) groups excluding carboxylic acids is 2. The van der Waals surface area contributed by atoms with E-state index in [-0.39, 0.29) is 23.3 Å². The summed E-state index contributed by atoms with van der Waals surface area (Å²) in [4.78, 5) is 32.2. The molecule has 1 aromatic heterocycles. The highest BCUT2D eigenvalue weighted by atomic mass is 16.5. The zero-order valence-electron chi connectivity index (χ0n) is 17.0. The Hall–Kier alpha value is -2.89. The molecule has 6 heteroatoms. The maximum absolute atomic E-state index is 13.4. The third-order valence-corrected chi connectivity index (χ3v) is 6.18. The van der Waals surface area contributed by atoms with E-state index in [0.29, 0.717) is 18.7 Å². The summed E-state index contributed by atoms with van der Waals surface area (Å²) in [6.07, 6.45) is 4.21. The average molecular weight is 393 g/mol. The second-order valence-corrected chi connectivity index (χ2v) is 8.12. The van der Waals surface area contributed by atoms with Crippen molar-refractivity contribution in [2.45, 2.75) is 45.1 Å². The molecule has 2 aliphatic rings. The normalized spacial score (nSPS) is 24.0. The van der Waals surface area contributed by atoms with Gasteiger partial charge in [0.15, 0.2) is 0 Å². The smallest absolute Gasteiger partial charge is 0.270 e. The fourth-order valence-corrected chi connectivity index (χ4v) is 4.68. The molecule has 0 bridgehead atoms. The molecule has 2 fully saturated rings. The minimum absolute atomic E-state index is 0.00669. The number of anilines is 1. The number of carbonyl (C=O) groups is 2. The monoisotopic (exact) mass is 393 g/mol. The molecule has 1 aliphatic heterocycles. The van der Waals surface area contributed by atoms with Crippen LogP contribution in [0, 0.1) is 12.3 Å². The molecule has 1 saturated heterocycles. The van der Waals surface area contributed by atoms with E-state index >= 15 is 0 Å². The number of ether oxygens (including phenoxy) is 1. The molecule has 2 atom stereocenters. The standard InChI is InChI=1S/C23H27N3O3/c1-16-6-3-10-20(24-16)21(27)25-17-7-5-11-23(15-17)12-13-26(22(23)28)18-8-4-9-19(14-18)29-2/h3-4,6,8-10,14,17H,5,7,11-13,15H2,1-2H3,(H,25,27). The predicted molar refractivity (Wildman–Crippen MR) is 111 cm³/mol. The summed E-state index contributed by atoms with van der Waals surface area (Å²) in [7, 11) is 1.63. The van der Waals surface area contributed by atoms with Gasteiger partial charge in [0.05, 0.1) is 12.5 Å². The van der Waals surface area contributed by atoms with Crippen molar-refractivity contribution in [3.05, 3.63) is 53.9 Å². The van der Waals surface area contributed by atoms with Crippen LogP contribution >= 0.6 is 0 Å². The Morgan fingerprint density at radius 1 is 1.24 bits per heavy atom. The van der Waals surface area contributed by atoms with Crippen LogP contribution in [0.5, 0.6) is 5.75 Å². The second-order valence-electron chi connectivity index (χ2n) is 8.12. The molecule has 6 nitrogen and oxygen atoms in total. The molecule has 4 rings (SSSR count). The van der Waals surface area contributed by atoms with Gasteiger partial charge in [0.1, 0.15) is 11.4 Å². The van der Waals surface area contributed by atoms with Crippen LogP contribution in [0.2, 0.25) is 0 Å². The van der Waals surface area contributed by atoms with Gasteiger partial charge >= 0.3 is 0 Å². The lowest BCUT2D eigenvalue weighted by atomic mass is 9.71. The van der Waals surface area contributed by atoms with Crippen molar-refractivity contribution in [2.75, 3.05) is 18.6 Å². The fourth-order valence-electron chi connectivity index (χ4n) is 4.68. The summed E-state index contributed by atoms with van der Waals surface area (Å²) < 4.78 is 5.31. The number of methoxy groups -OCH3 is 1. The minimum Gasteiger partial charge on any atom is -0.497 e. The van der Waals surface area contributed by atoms with Crippen LogP contribution in [0.1, 0.15) is 48.3 Å². The quantitative estimate of drug-likeness (QED) is 0.863. The van der Waals surface area contributed by atoms with Crippen molar-refractivity contribution >= 4 is 17.5 Å². The highest BCUT2D eigenvalue weighted by Crippen LogP contribution is 2.46. The molecule has 1 aromatic carbocycles. The molecule has 1 aliphatic carbocycles. The van der Waals surface area contributed by atoms with Crippen LogP contribution in [0.4, 0.5) is 5.69 Å². The topological polar surface area (TPSA) is 71.5 Å². The molecule has 1 spiro atoms. The van der Waals surface area contributed by atoms with Gasteiger partial charge in [-0.3, -0.25) is 9.59 Å². The first-order valence-electron chi connectivity index (χ1n) is 10.2. The van der Waals surface area contributed by atoms with Gasteiger partial charge in [-0.25, -0.2) is 4.98 Å².